The maximum Gasteiger partial charge on any atom is 0.387 e. The first-order valence-corrected chi connectivity index (χ1v) is 6.72. The number of aliphatic hydroxyl groups is 1. The molecular weight excluding hydrogens is 295 g/mol. The van der Waals surface area contributed by atoms with E-state index in [1.807, 2.05) is 0 Å². The highest BCUT2D eigenvalue weighted by Crippen LogP contribution is 2.20. The van der Waals surface area contributed by atoms with Crippen LogP contribution in [0.4, 0.5) is 13.2 Å². The predicted molar refractivity (Wildman–Crippen MR) is 76.1 cm³/mol. The van der Waals surface area contributed by atoms with Crippen LogP contribution in [0.1, 0.15) is 17.2 Å². The molecular formula is C16H16F3NO2. The largest absolute Gasteiger partial charge is 0.435 e. The summed E-state index contributed by atoms with van der Waals surface area (Å²) in [4.78, 5) is 0. The van der Waals surface area contributed by atoms with Gasteiger partial charge in [0.2, 0.25) is 0 Å². The summed E-state index contributed by atoms with van der Waals surface area (Å²) >= 11 is 0. The molecule has 0 radical (unpaired) electrons. The Labute approximate surface area is 126 Å². The standard InChI is InChI=1S/C16H16F3NO2/c17-13-5-1-3-11(7-13)9-20-10-15(21)12-4-2-6-14(8-12)22-16(18)19/h1-8,15-16,20-21H,9-10H2. The molecule has 0 aromatic heterocycles. The molecule has 118 valence electrons. The fourth-order valence-electron chi connectivity index (χ4n) is 2.02. The van der Waals surface area contributed by atoms with E-state index < -0.39 is 12.7 Å². The maximum atomic E-state index is 13.0. The lowest BCUT2D eigenvalue weighted by Gasteiger charge is -2.14. The van der Waals surface area contributed by atoms with Gasteiger partial charge in [-0.1, -0.05) is 24.3 Å². The second-order valence-electron chi connectivity index (χ2n) is 4.73. The Hall–Kier alpha value is -2.05. The lowest BCUT2D eigenvalue weighted by Crippen LogP contribution is -2.21. The highest BCUT2D eigenvalue weighted by Gasteiger charge is 2.10. The third kappa shape index (κ3) is 5.05. The molecule has 0 amide bonds. The number of nitrogens with one attached hydrogen (secondary N) is 1. The topological polar surface area (TPSA) is 41.5 Å². The quantitative estimate of drug-likeness (QED) is 0.825. The predicted octanol–water partition coefficient (Wildman–Crippen LogP) is 3.25. The van der Waals surface area contributed by atoms with Crippen molar-refractivity contribution in [2.24, 2.45) is 0 Å². The highest BCUT2D eigenvalue weighted by molar-refractivity contribution is 5.30. The number of benzene rings is 2. The van der Waals surface area contributed by atoms with Crippen LogP contribution in [0, 0.1) is 5.82 Å². The molecule has 0 fully saturated rings. The van der Waals surface area contributed by atoms with Gasteiger partial charge in [-0.15, -0.1) is 0 Å². The molecule has 0 aliphatic heterocycles. The van der Waals surface area contributed by atoms with Crippen LogP contribution in [0.2, 0.25) is 0 Å². The third-order valence-corrected chi connectivity index (χ3v) is 3.02. The Morgan fingerprint density at radius 3 is 2.59 bits per heavy atom. The molecule has 2 aromatic carbocycles. The van der Waals surface area contributed by atoms with Crippen molar-refractivity contribution in [1.29, 1.82) is 0 Å². The summed E-state index contributed by atoms with van der Waals surface area (Å²) in [5, 5.41) is 13.0. The van der Waals surface area contributed by atoms with Crippen molar-refractivity contribution in [3.05, 3.63) is 65.5 Å². The lowest BCUT2D eigenvalue weighted by molar-refractivity contribution is -0.0499. The summed E-state index contributed by atoms with van der Waals surface area (Å²) in [6.45, 7) is -2.31. The molecule has 2 aromatic rings. The van der Waals surface area contributed by atoms with Gasteiger partial charge in [-0.2, -0.15) is 8.78 Å². The minimum Gasteiger partial charge on any atom is -0.435 e. The van der Waals surface area contributed by atoms with Gasteiger partial charge in [-0.25, -0.2) is 4.39 Å². The van der Waals surface area contributed by atoms with E-state index in [4.69, 9.17) is 0 Å². The minimum atomic E-state index is -2.90. The minimum absolute atomic E-state index is 0.00307. The molecule has 0 heterocycles. The first-order valence-electron chi connectivity index (χ1n) is 6.72. The Morgan fingerprint density at radius 2 is 1.86 bits per heavy atom. The van der Waals surface area contributed by atoms with Crippen molar-refractivity contribution < 1.29 is 23.0 Å². The SMILES string of the molecule is OC(CNCc1cccc(F)c1)c1cccc(OC(F)F)c1. The van der Waals surface area contributed by atoms with Gasteiger partial charge in [-0.3, -0.25) is 0 Å². The van der Waals surface area contributed by atoms with Gasteiger partial charge in [0.05, 0.1) is 6.10 Å². The van der Waals surface area contributed by atoms with Crippen molar-refractivity contribution in [2.45, 2.75) is 19.3 Å². The maximum absolute atomic E-state index is 13.0. The summed E-state index contributed by atoms with van der Waals surface area (Å²) in [6, 6.07) is 12.0. The zero-order valence-electron chi connectivity index (χ0n) is 11.7. The Kier molecular flexibility index (Phi) is 5.80. The molecule has 22 heavy (non-hydrogen) atoms. The normalized spacial score (nSPS) is 12.4. The molecule has 2 N–H and O–H groups in total. The molecule has 0 spiro atoms. The number of alkyl halides is 2. The van der Waals surface area contributed by atoms with Crippen LogP contribution in [0.3, 0.4) is 0 Å². The number of rotatable bonds is 7. The van der Waals surface area contributed by atoms with Crippen LogP contribution in [-0.4, -0.2) is 18.3 Å². The van der Waals surface area contributed by atoms with Crippen LogP contribution in [0.15, 0.2) is 48.5 Å². The fraction of sp³-hybridized carbons (Fsp3) is 0.250. The van der Waals surface area contributed by atoms with Gasteiger partial charge >= 0.3 is 6.61 Å². The third-order valence-electron chi connectivity index (χ3n) is 3.02. The zero-order chi connectivity index (χ0) is 15.9. The second kappa shape index (κ2) is 7.82. The van der Waals surface area contributed by atoms with Crippen molar-refractivity contribution in [2.75, 3.05) is 6.54 Å². The van der Waals surface area contributed by atoms with E-state index in [0.29, 0.717) is 12.1 Å². The summed E-state index contributed by atoms with van der Waals surface area (Å²) in [6.07, 6.45) is -0.880. The molecule has 0 aliphatic rings. The van der Waals surface area contributed by atoms with Crippen molar-refractivity contribution >= 4 is 0 Å². The van der Waals surface area contributed by atoms with Crippen LogP contribution >= 0.6 is 0 Å². The summed E-state index contributed by atoms with van der Waals surface area (Å²) in [5.74, 6) is -0.326. The van der Waals surface area contributed by atoms with E-state index in [1.54, 1.807) is 18.2 Å². The molecule has 0 bridgehead atoms. The molecule has 0 aliphatic carbocycles. The van der Waals surface area contributed by atoms with Gasteiger partial charge < -0.3 is 15.2 Å². The van der Waals surface area contributed by atoms with Crippen LogP contribution in [0.25, 0.3) is 0 Å². The average Bonchev–Trinajstić information content (AvgIpc) is 2.47. The molecule has 0 saturated carbocycles. The van der Waals surface area contributed by atoms with E-state index in [0.717, 1.165) is 5.56 Å². The molecule has 1 unspecified atom stereocenters. The van der Waals surface area contributed by atoms with Gasteiger partial charge in [0.1, 0.15) is 11.6 Å². The first-order chi connectivity index (χ1) is 10.5. The number of hydrogen-bond acceptors (Lipinski definition) is 3. The molecule has 2 rings (SSSR count). The Morgan fingerprint density at radius 1 is 1.09 bits per heavy atom. The van der Waals surface area contributed by atoms with E-state index in [1.165, 1.54) is 30.3 Å². The molecule has 0 saturated heterocycles. The van der Waals surface area contributed by atoms with Crippen molar-refractivity contribution in [1.82, 2.24) is 5.32 Å². The molecule has 3 nitrogen and oxygen atoms in total. The zero-order valence-corrected chi connectivity index (χ0v) is 11.7. The number of aliphatic hydroxyl groups excluding tert-OH is 1. The van der Waals surface area contributed by atoms with Crippen LogP contribution < -0.4 is 10.1 Å². The van der Waals surface area contributed by atoms with E-state index >= 15 is 0 Å². The molecule has 1 atom stereocenters. The Bertz CT molecular complexity index is 607. The van der Waals surface area contributed by atoms with Crippen LogP contribution in [0.5, 0.6) is 5.75 Å². The van der Waals surface area contributed by atoms with E-state index in [9.17, 15) is 18.3 Å². The first kappa shape index (κ1) is 16.3. The number of ether oxygens (including phenoxy) is 1. The van der Waals surface area contributed by atoms with Crippen LogP contribution in [-0.2, 0) is 6.54 Å². The van der Waals surface area contributed by atoms with Gasteiger partial charge in [-0.05, 0) is 35.4 Å². The summed E-state index contributed by atoms with van der Waals surface area (Å²) < 4.78 is 41.6. The number of halogens is 3. The molecule has 6 heteroatoms. The van der Waals surface area contributed by atoms with E-state index in [-0.39, 0.29) is 18.1 Å². The average molecular weight is 311 g/mol. The smallest absolute Gasteiger partial charge is 0.387 e. The lowest BCUT2D eigenvalue weighted by atomic mass is 10.1. The second-order valence-corrected chi connectivity index (χ2v) is 4.73. The van der Waals surface area contributed by atoms with Crippen molar-refractivity contribution in [3.8, 4) is 5.75 Å². The van der Waals surface area contributed by atoms with Gasteiger partial charge in [0, 0.05) is 13.1 Å². The monoisotopic (exact) mass is 311 g/mol. The number of hydrogen-bond donors (Lipinski definition) is 2. The van der Waals surface area contributed by atoms with Crippen molar-refractivity contribution in [3.63, 3.8) is 0 Å². The van der Waals surface area contributed by atoms with Gasteiger partial charge in [0.25, 0.3) is 0 Å². The summed E-state index contributed by atoms with van der Waals surface area (Å²) in [7, 11) is 0. The summed E-state index contributed by atoms with van der Waals surface area (Å²) in [5.41, 5.74) is 1.21. The highest BCUT2D eigenvalue weighted by atomic mass is 19.3. The van der Waals surface area contributed by atoms with E-state index in [2.05, 4.69) is 10.1 Å². The Balaban J connectivity index is 1.88. The fourth-order valence-corrected chi connectivity index (χ4v) is 2.02. The van der Waals surface area contributed by atoms with Gasteiger partial charge in [0.15, 0.2) is 0 Å².